The van der Waals surface area contributed by atoms with Crippen LogP contribution in [0.2, 0.25) is 0 Å². The molecule has 9 heteroatoms. The number of rotatable bonds is 2. The normalized spacial score (nSPS) is 28.4. The molecule has 30 heavy (non-hydrogen) atoms. The number of halogens is 1. The van der Waals surface area contributed by atoms with Crippen LogP contribution in [0.15, 0.2) is 4.99 Å². The molecular weight excluding hydrogens is 499 g/mol. The Morgan fingerprint density at radius 2 is 1.97 bits per heavy atom. The number of piperazine rings is 1. The van der Waals surface area contributed by atoms with E-state index in [9.17, 15) is 4.79 Å². The monoisotopic (exact) mass is 536 g/mol. The van der Waals surface area contributed by atoms with Gasteiger partial charge in [-0.05, 0) is 33.6 Å². The van der Waals surface area contributed by atoms with E-state index in [0.717, 1.165) is 25.3 Å². The molecule has 172 valence electrons. The van der Waals surface area contributed by atoms with Gasteiger partial charge < -0.3 is 29.3 Å². The second-order valence-electron chi connectivity index (χ2n) is 9.69. The lowest BCUT2D eigenvalue weighted by Gasteiger charge is -2.39. The first-order valence-electron chi connectivity index (χ1n) is 11.2. The van der Waals surface area contributed by atoms with Crippen molar-refractivity contribution in [2.45, 2.75) is 82.8 Å². The summed E-state index contributed by atoms with van der Waals surface area (Å²) in [4.78, 5) is 21.1. The van der Waals surface area contributed by atoms with Gasteiger partial charge in [0.1, 0.15) is 11.7 Å². The van der Waals surface area contributed by atoms with Crippen molar-refractivity contribution in [2.75, 3.05) is 39.3 Å². The smallest absolute Gasteiger partial charge is 0.410 e. The third kappa shape index (κ3) is 5.70. The predicted molar refractivity (Wildman–Crippen MR) is 125 cm³/mol. The third-order valence-electron chi connectivity index (χ3n) is 6.13. The van der Waals surface area contributed by atoms with E-state index in [1.807, 2.05) is 20.8 Å². The Morgan fingerprint density at radius 3 is 2.67 bits per heavy atom. The van der Waals surface area contributed by atoms with E-state index in [0.29, 0.717) is 32.8 Å². The fourth-order valence-electron chi connectivity index (χ4n) is 4.67. The van der Waals surface area contributed by atoms with E-state index >= 15 is 0 Å². The molecule has 2 saturated heterocycles. The Balaban J connectivity index is 0.00000256. The molecular formula is C21H37IN4O4. The van der Waals surface area contributed by atoms with Crippen molar-refractivity contribution in [2.24, 2.45) is 4.99 Å². The number of ether oxygens (including phenoxy) is 3. The average Bonchev–Trinajstić information content (AvgIpc) is 3.17. The van der Waals surface area contributed by atoms with Gasteiger partial charge in [0.15, 0.2) is 11.7 Å². The van der Waals surface area contributed by atoms with Crippen LogP contribution in [0.3, 0.4) is 0 Å². The molecule has 3 aliphatic heterocycles. The second-order valence-corrected chi connectivity index (χ2v) is 9.69. The topological polar surface area (TPSA) is 75.6 Å². The lowest BCUT2D eigenvalue weighted by Crippen LogP contribution is -2.58. The van der Waals surface area contributed by atoms with Crippen LogP contribution < -0.4 is 5.32 Å². The molecule has 8 nitrogen and oxygen atoms in total. The zero-order chi connectivity index (χ0) is 20.5. The summed E-state index contributed by atoms with van der Waals surface area (Å²) >= 11 is 0. The fourth-order valence-corrected chi connectivity index (χ4v) is 4.67. The van der Waals surface area contributed by atoms with Crippen molar-refractivity contribution >= 4 is 36.0 Å². The number of carbonyl (C=O) groups excluding carboxylic acids is 1. The van der Waals surface area contributed by atoms with Gasteiger partial charge in [0.05, 0.1) is 19.2 Å². The highest BCUT2D eigenvalue weighted by atomic mass is 127. The van der Waals surface area contributed by atoms with Crippen LogP contribution in [0.5, 0.6) is 0 Å². The molecule has 0 radical (unpaired) electrons. The maximum absolute atomic E-state index is 12.4. The van der Waals surface area contributed by atoms with Gasteiger partial charge >= 0.3 is 6.09 Å². The van der Waals surface area contributed by atoms with Gasteiger partial charge in [-0.3, -0.25) is 4.99 Å². The summed E-state index contributed by atoms with van der Waals surface area (Å²) in [6.07, 6.45) is 6.81. The number of nitrogens with one attached hydrogen (secondary N) is 1. The number of hydrogen-bond donors (Lipinski definition) is 1. The van der Waals surface area contributed by atoms with Crippen molar-refractivity contribution in [3.63, 3.8) is 0 Å². The minimum absolute atomic E-state index is 0. The minimum Gasteiger partial charge on any atom is -0.444 e. The summed E-state index contributed by atoms with van der Waals surface area (Å²) in [6, 6.07) is 0.215. The average molecular weight is 536 g/mol. The largest absolute Gasteiger partial charge is 0.444 e. The zero-order valence-electron chi connectivity index (χ0n) is 18.5. The Kier molecular flexibility index (Phi) is 7.76. The molecule has 3 heterocycles. The van der Waals surface area contributed by atoms with Crippen molar-refractivity contribution < 1.29 is 19.0 Å². The van der Waals surface area contributed by atoms with Crippen molar-refractivity contribution in [3.8, 4) is 0 Å². The fraction of sp³-hybridized carbons (Fsp3) is 0.905. The molecule has 1 saturated carbocycles. The molecule has 1 aliphatic carbocycles. The number of hydrogen-bond acceptors (Lipinski definition) is 7. The zero-order valence-corrected chi connectivity index (χ0v) is 20.9. The minimum atomic E-state index is -0.467. The van der Waals surface area contributed by atoms with Gasteiger partial charge in [0, 0.05) is 39.0 Å². The summed E-state index contributed by atoms with van der Waals surface area (Å²) in [7, 11) is 0. The molecule has 0 aromatic carbocycles. The molecule has 2 atom stereocenters. The Morgan fingerprint density at radius 1 is 1.23 bits per heavy atom. The molecule has 0 aromatic heterocycles. The SMILES string of the molecule is CC(C)(C)OC(=O)N1CCN2C(NCC3COC4(CCCCCC4)O3)=NCC2C1.I. The van der Waals surface area contributed by atoms with Crippen molar-refractivity contribution in [3.05, 3.63) is 0 Å². The molecule has 1 spiro atoms. The number of fused-ring (bicyclic) bond motifs is 1. The summed E-state index contributed by atoms with van der Waals surface area (Å²) in [5.41, 5.74) is -0.467. The van der Waals surface area contributed by atoms with Crippen molar-refractivity contribution in [1.82, 2.24) is 15.1 Å². The van der Waals surface area contributed by atoms with Gasteiger partial charge in [0.25, 0.3) is 0 Å². The van der Waals surface area contributed by atoms with E-state index in [1.54, 1.807) is 4.90 Å². The summed E-state index contributed by atoms with van der Waals surface area (Å²) < 4.78 is 18.0. The molecule has 3 fully saturated rings. The standard InChI is InChI=1S/C21H36N4O4.HI/c1-20(2,3)29-19(26)24-10-11-25-16(14-24)12-22-18(25)23-13-17-15-27-21(28-17)8-6-4-5-7-9-21;/h16-17H,4-15H2,1-3H3,(H,22,23);1H. The molecule has 4 rings (SSSR count). The quantitative estimate of drug-likeness (QED) is 0.548. The lowest BCUT2D eigenvalue weighted by atomic mass is 10.1. The van der Waals surface area contributed by atoms with E-state index in [2.05, 4.69) is 15.2 Å². The highest BCUT2D eigenvalue weighted by molar-refractivity contribution is 14.0. The Bertz CT molecular complexity index is 631. The van der Waals surface area contributed by atoms with Crippen LogP contribution in [0.25, 0.3) is 0 Å². The molecule has 1 N–H and O–H groups in total. The van der Waals surface area contributed by atoms with Gasteiger partial charge in [-0.25, -0.2) is 4.79 Å². The molecule has 0 bridgehead atoms. The lowest BCUT2D eigenvalue weighted by molar-refractivity contribution is -0.175. The number of carbonyl (C=O) groups is 1. The van der Waals surface area contributed by atoms with E-state index < -0.39 is 5.60 Å². The molecule has 4 aliphatic rings. The third-order valence-corrected chi connectivity index (χ3v) is 6.13. The summed E-state index contributed by atoms with van der Waals surface area (Å²) in [5.74, 6) is 0.575. The van der Waals surface area contributed by atoms with Gasteiger partial charge in [-0.15, -0.1) is 24.0 Å². The summed E-state index contributed by atoms with van der Waals surface area (Å²) in [6.45, 7) is 9.82. The first-order valence-corrected chi connectivity index (χ1v) is 11.2. The number of guanidine groups is 1. The first-order chi connectivity index (χ1) is 13.8. The van der Waals surface area contributed by atoms with Crippen LogP contribution in [-0.4, -0.2) is 84.7 Å². The second kappa shape index (κ2) is 9.77. The Labute approximate surface area is 197 Å². The van der Waals surface area contributed by atoms with E-state index in [-0.39, 0.29) is 48.0 Å². The van der Waals surface area contributed by atoms with Crippen LogP contribution >= 0.6 is 24.0 Å². The van der Waals surface area contributed by atoms with E-state index in [1.165, 1.54) is 25.7 Å². The van der Waals surface area contributed by atoms with Gasteiger partial charge in [-0.1, -0.05) is 12.8 Å². The maximum atomic E-state index is 12.4. The predicted octanol–water partition coefficient (Wildman–Crippen LogP) is 2.95. The van der Waals surface area contributed by atoms with Gasteiger partial charge in [-0.2, -0.15) is 0 Å². The molecule has 1 amide bonds. The van der Waals surface area contributed by atoms with Crippen molar-refractivity contribution in [1.29, 1.82) is 0 Å². The highest BCUT2D eigenvalue weighted by Crippen LogP contribution is 2.36. The number of amides is 1. The highest BCUT2D eigenvalue weighted by Gasteiger charge is 2.42. The first kappa shape index (κ1) is 23.8. The van der Waals surface area contributed by atoms with Crippen LogP contribution in [0, 0.1) is 0 Å². The number of nitrogens with zero attached hydrogens (tertiary/aromatic N) is 3. The maximum Gasteiger partial charge on any atom is 0.410 e. The van der Waals surface area contributed by atoms with Crippen LogP contribution in [-0.2, 0) is 14.2 Å². The molecule has 2 unspecified atom stereocenters. The molecule has 0 aromatic rings. The summed E-state index contributed by atoms with van der Waals surface area (Å²) in [5, 5.41) is 3.48. The Hall–Kier alpha value is -0.810. The van der Waals surface area contributed by atoms with E-state index in [4.69, 9.17) is 14.2 Å². The van der Waals surface area contributed by atoms with Crippen LogP contribution in [0.1, 0.15) is 59.3 Å². The van der Waals surface area contributed by atoms with Crippen LogP contribution in [0.4, 0.5) is 4.79 Å². The van der Waals surface area contributed by atoms with Gasteiger partial charge in [0.2, 0.25) is 0 Å². The number of aliphatic imine (C=N–C) groups is 1.